The van der Waals surface area contributed by atoms with Crippen molar-refractivity contribution in [2.24, 2.45) is 0 Å². The van der Waals surface area contributed by atoms with E-state index in [1.54, 1.807) is 26.5 Å². The van der Waals surface area contributed by atoms with Gasteiger partial charge in [-0.1, -0.05) is 50.0 Å². The fourth-order valence-electron chi connectivity index (χ4n) is 2.20. The molecule has 2 aromatic rings. The van der Waals surface area contributed by atoms with Gasteiger partial charge in [0.2, 0.25) is 0 Å². The summed E-state index contributed by atoms with van der Waals surface area (Å²) in [5, 5.41) is 1.15. The lowest BCUT2D eigenvalue weighted by molar-refractivity contribution is 0.511. The number of aromatic nitrogens is 1. The monoisotopic (exact) mass is 322 g/mol. The van der Waals surface area contributed by atoms with Crippen molar-refractivity contribution < 1.29 is 8.42 Å². The summed E-state index contributed by atoms with van der Waals surface area (Å²) < 4.78 is 27.3. The predicted octanol–water partition coefficient (Wildman–Crippen LogP) is 2.35. The van der Waals surface area contributed by atoms with Crippen LogP contribution in [0.2, 0.25) is 19.6 Å². The van der Waals surface area contributed by atoms with Crippen molar-refractivity contribution in [2.75, 3.05) is 14.1 Å². The van der Waals surface area contributed by atoms with Crippen LogP contribution >= 0.6 is 0 Å². The summed E-state index contributed by atoms with van der Waals surface area (Å²) in [7, 11) is -2.04. The number of benzene rings is 1. The third kappa shape index (κ3) is 3.12. The largest absolute Gasteiger partial charge is 0.306 e. The van der Waals surface area contributed by atoms with Gasteiger partial charge in [-0.3, -0.25) is 0 Å². The normalized spacial score (nSPS) is 12.9. The summed E-state index contributed by atoms with van der Waals surface area (Å²) in [5.41, 5.74) is 2.07. The summed E-state index contributed by atoms with van der Waals surface area (Å²) in [4.78, 5) is 0. The molecule has 1 aromatic heterocycles. The summed E-state index contributed by atoms with van der Waals surface area (Å²) in [6.07, 6.45) is 3.52. The first-order valence-corrected chi connectivity index (χ1v) is 11.7. The molecule has 0 unspecified atom stereocenters. The lowest BCUT2D eigenvalue weighted by atomic mass is 10.1. The topological polar surface area (TPSA) is 42.3 Å². The number of nitrogens with zero attached hydrogens (tertiary/aromatic N) is 2. The lowest BCUT2D eigenvalue weighted by Gasteiger charge is -2.17. The van der Waals surface area contributed by atoms with Crippen LogP contribution in [0.4, 0.5) is 0 Å². The highest BCUT2D eigenvalue weighted by Gasteiger charge is 2.26. The standard InChI is InChI=1S/C15H22N2O2SSi/c1-16(2)20(18,19)17-11-14(13-9-7-6-8-10-13)15(12-17)21(3,4)5/h6-12H,1-5H3. The van der Waals surface area contributed by atoms with E-state index in [1.807, 2.05) is 30.3 Å². The van der Waals surface area contributed by atoms with E-state index in [9.17, 15) is 8.42 Å². The molecule has 0 bridgehead atoms. The van der Waals surface area contributed by atoms with Crippen LogP contribution in [0.25, 0.3) is 11.1 Å². The van der Waals surface area contributed by atoms with Crippen LogP contribution in [0.1, 0.15) is 0 Å². The van der Waals surface area contributed by atoms with Gasteiger partial charge in [0.1, 0.15) is 0 Å². The Bertz CT molecular complexity index is 729. The summed E-state index contributed by atoms with van der Waals surface area (Å²) >= 11 is 0. The average Bonchev–Trinajstić information content (AvgIpc) is 2.85. The Labute approximate surface area is 128 Å². The molecule has 0 atom stereocenters. The molecule has 0 saturated carbocycles. The predicted molar refractivity (Wildman–Crippen MR) is 90.9 cm³/mol. The number of hydrogen-bond donors (Lipinski definition) is 0. The zero-order chi connectivity index (χ0) is 15.8. The Balaban J connectivity index is 2.68. The molecule has 114 valence electrons. The van der Waals surface area contributed by atoms with Gasteiger partial charge in [0.15, 0.2) is 0 Å². The second-order valence-electron chi connectivity index (χ2n) is 6.32. The molecule has 1 aromatic carbocycles. The molecule has 0 aliphatic heterocycles. The fourth-order valence-corrected chi connectivity index (χ4v) is 4.69. The maximum absolute atomic E-state index is 12.4. The molecule has 0 spiro atoms. The van der Waals surface area contributed by atoms with Crippen molar-refractivity contribution in [3.63, 3.8) is 0 Å². The maximum Gasteiger partial charge on any atom is 0.306 e. The fraction of sp³-hybridized carbons (Fsp3) is 0.333. The van der Waals surface area contributed by atoms with Gasteiger partial charge in [-0.25, -0.2) is 3.97 Å². The van der Waals surface area contributed by atoms with Gasteiger partial charge in [-0.15, -0.1) is 0 Å². The third-order valence-corrected chi connectivity index (χ3v) is 7.10. The molecule has 0 aliphatic rings. The first kappa shape index (κ1) is 16.0. The van der Waals surface area contributed by atoms with Crippen molar-refractivity contribution in [3.8, 4) is 11.1 Å². The van der Waals surface area contributed by atoms with E-state index in [0.29, 0.717) is 0 Å². The quantitative estimate of drug-likeness (QED) is 0.811. The molecule has 0 amide bonds. The van der Waals surface area contributed by atoms with Gasteiger partial charge in [0.05, 0.1) is 8.07 Å². The van der Waals surface area contributed by atoms with Gasteiger partial charge < -0.3 is 0 Å². The van der Waals surface area contributed by atoms with E-state index < -0.39 is 18.3 Å². The highest BCUT2D eigenvalue weighted by Crippen LogP contribution is 2.22. The molecule has 21 heavy (non-hydrogen) atoms. The molecule has 2 rings (SSSR count). The third-order valence-electron chi connectivity index (χ3n) is 3.42. The summed E-state index contributed by atoms with van der Waals surface area (Å²) in [6.45, 7) is 6.67. The molecule has 0 radical (unpaired) electrons. The zero-order valence-corrected chi connectivity index (χ0v) is 15.0. The highest BCUT2D eigenvalue weighted by molar-refractivity contribution is 7.87. The van der Waals surface area contributed by atoms with E-state index in [4.69, 9.17) is 0 Å². The summed E-state index contributed by atoms with van der Waals surface area (Å²) in [5.74, 6) is 0. The molecular weight excluding hydrogens is 300 g/mol. The van der Waals surface area contributed by atoms with Gasteiger partial charge >= 0.3 is 10.2 Å². The Hall–Kier alpha value is -1.37. The average molecular weight is 323 g/mol. The SMILES string of the molecule is CN(C)S(=O)(=O)n1cc(-c2ccccc2)c([Si](C)(C)C)c1. The van der Waals surface area contributed by atoms with E-state index in [1.165, 1.54) is 8.28 Å². The minimum absolute atomic E-state index is 1.01. The molecular formula is C15H22N2O2SSi. The smallest absolute Gasteiger partial charge is 0.240 e. The van der Waals surface area contributed by atoms with Gasteiger partial charge in [0, 0.05) is 26.5 Å². The Morgan fingerprint density at radius 2 is 1.57 bits per heavy atom. The van der Waals surface area contributed by atoms with E-state index in [-0.39, 0.29) is 0 Å². The van der Waals surface area contributed by atoms with Crippen molar-refractivity contribution in [2.45, 2.75) is 19.6 Å². The van der Waals surface area contributed by atoms with E-state index in [0.717, 1.165) is 16.3 Å². The zero-order valence-electron chi connectivity index (χ0n) is 13.2. The molecule has 6 heteroatoms. The van der Waals surface area contributed by atoms with Crippen LogP contribution in [-0.2, 0) is 10.2 Å². The van der Waals surface area contributed by atoms with Crippen molar-refractivity contribution >= 4 is 23.5 Å². The van der Waals surface area contributed by atoms with Crippen LogP contribution < -0.4 is 5.19 Å². The highest BCUT2D eigenvalue weighted by atomic mass is 32.2. The van der Waals surface area contributed by atoms with Gasteiger partial charge in [-0.05, 0) is 16.3 Å². The van der Waals surface area contributed by atoms with Gasteiger partial charge in [0.25, 0.3) is 0 Å². The molecule has 0 N–H and O–H groups in total. The Kier molecular flexibility index (Phi) is 4.14. The second kappa shape index (κ2) is 5.44. The first-order valence-electron chi connectivity index (χ1n) is 6.85. The molecule has 0 saturated heterocycles. The molecule has 4 nitrogen and oxygen atoms in total. The number of rotatable bonds is 4. The van der Waals surface area contributed by atoms with Crippen LogP contribution in [0, 0.1) is 0 Å². The van der Waals surface area contributed by atoms with Crippen LogP contribution in [0.15, 0.2) is 42.7 Å². The van der Waals surface area contributed by atoms with Crippen molar-refractivity contribution in [3.05, 3.63) is 42.7 Å². The van der Waals surface area contributed by atoms with Crippen molar-refractivity contribution in [1.29, 1.82) is 0 Å². The number of hydrogen-bond acceptors (Lipinski definition) is 2. The maximum atomic E-state index is 12.4. The minimum atomic E-state index is -3.47. The van der Waals surface area contributed by atoms with Crippen LogP contribution in [0.5, 0.6) is 0 Å². The van der Waals surface area contributed by atoms with Crippen molar-refractivity contribution in [1.82, 2.24) is 8.28 Å². The summed E-state index contributed by atoms with van der Waals surface area (Å²) in [6, 6.07) is 9.95. The van der Waals surface area contributed by atoms with Crippen LogP contribution in [0.3, 0.4) is 0 Å². The first-order chi connectivity index (χ1) is 9.64. The lowest BCUT2D eigenvalue weighted by Crippen LogP contribution is -2.38. The minimum Gasteiger partial charge on any atom is -0.240 e. The van der Waals surface area contributed by atoms with Crippen LogP contribution in [-0.4, -0.2) is 38.9 Å². The molecule has 0 fully saturated rings. The van der Waals surface area contributed by atoms with Gasteiger partial charge in [-0.2, -0.15) is 12.7 Å². The van der Waals surface area contributed by atoms with E-state index >= 15 is 0 Å². The Morgan fingerprint density at radius 3 is 2.05 bits per heavy atom. The van der Waals surface area contributed by atoms with E-state index in [2.05, 4.69) is 19.6 Å². The second-order valence-corrected chi connectivity index (χ2v) is 13.4. The molecule has 0 aliphatic carbocycles. The Morgan fingerprint density at radius 1 is 1.00 bits per heavy atom. The molecule has 1 heterocycles.